The second-order valence-corrected chi connectivity index (χ2v) is 4.52. The van der Waals surface area contributed by atoms with Crippen LogP contribution in [0.15, 0.2) is 18.2 Å². The number of carbonyl (C=O) groups is 1. The molecule has 0 aliphatic heterocycles. The first-order valence-corrected chi connectivity index (χ1v) is 6.01. The maximum absolute atomic E-state index is 11.1. The summed E-state index contributed by atoms with van der Waals surface area (Å²) in [6, 6.07) is 5.23. The average Bonchev–Trinajstić information content (AvgIpc) is 2.27. The molecule has 0 radical (unpaired) electrons. The summed E-state index contributed by atoms with van der Waals surface area (Å²) in [5.41, 5.74) is 0.923. The van der Waals surface area contributed by atoms with Crippen molar-refractivity contribution >= 4 is 29.1 Å². The molecule has 0 heterocycles. The van der Waals surface area contributed by atoms with Crippen LogP contribution in [0.1, 0.15) is 24.9 Å². The Labute approximate surface area is 111 Å². The van der Waals surface area contributed by atoms with Crippen molar-refractivity contribution < 1.29 is 9.53 Å². The zero-order valence-electron chi connectivity index (χ0n) is 9.80. The fourth-order valence-electron chi connectivity index (χ4n) is 1.53. The first-order chi connectivity index (χ1) is 8.04. The summed E-state index contributed by atoms with van der Waals surface area (Å²) >= 11 is 11.8. The van der Waals surface area contributed by atoms with Crippen molar-refractivity contribution in [2.24, 2.45) is 0 Å². The van der Waals surface area contributed by atoms with E-state index >= 15 is 0 Å². The van der Waals surface area contributed by atoms with Crippen LogP contribution in [-0.4, -0.2) is 19.6 Å². The van der Waals surface area contributed by atoms with Gasteiger partial charge in [-0.15, -0.1) is 0 Å². The van der Waals surface area contributed by atoms with Crippen LogP contribution in [0, 0.1) is 0 Å². The van der Waals surface area contributed by atoms with Gasteiger partial charge in [-0.1, -0.05) is 29.3 Å². The second-order valence-electron chi connectivity index (χ2n) is 3.71. The Kier molecular flexibility index (Phi) is 5.75. The molecule has 0 aromatic heterocycles. The molecule has 0 fully saturated rings. The SMILES string of the molecule is COCCC(NC(C)=O)c1ccc(Cl)c(Cl)c1. The fraction of sp³-hybridized carbons (Fsp3) is 0.417. The molecule has 3 nitrogen and oxygen atoms in total. The topological polar surface area (TPSA) is 38.3 Å². The molecule has 0 bridgehead atoms. The van der Waals surface area contributed by atoms with Crippen molar-refractivity contribution in [3.63, 3.8) is 0 Å². The van der Waals surface area contributed by atoms with Crippen LogP contribution < -0.4 is 5.32 Å². The highest BCUT2D eigenvalue weighted by molar-refractivity contribution is 6.42. The van der Waals surface area contributed by atoms with Gasteiger partial charge >= 0.3 is 0 Å². The number of benzene rings is 1. The lowest BCUT2D eigenvalue weighted by atomic mass is 10.0. The lowest BCUT2D eigenvalue weighted by Crippen LogP contribution is -2.27. The van der Waals surface area contributed by atoms with Gasteiger partial charge in [0.15, 0.2) is 0 Å². The van der Waals surface area contributed by atoms with Gasteiger partial charge in [-0.25, -0.2) is 0 Å². The Balaban J connectivity index is 2.86. The normalized spacial score (nSPS) is 12.2. The predicted molar refractivity (Wildman–Crippen MR) is 69.5 cm³/mol. The van der Waals surface area contributed by atoms with Crippen molar-refractivity contribution in [2.75, 3.05) is 13.7 Å². The lowest BCUT2D eigenvalue weighted by molar-refractivity contribution is -0.119. The molecule has 5 heteroatoms. The molecular formula is C12H15Cl2NO2. The minimum Gasteiger partial charge on any atom is -0.385 e. The Bertz CT molecular complexity index is 396. The molecule has 0 aliphatic rings. The van der Waals surface area contributed by atoms with E-state index in [0.717, 1.165) is 5.56 Å². The maximum Gasteiger partial charge on any atom is 0.217 e. The smallest absolute Gasteiger partial charge is 0.217 e. The first-order valence-electron chi connectivity index (χ1n) is 5.25. The number of nitrogens with one attached hydrogen (secondary N) is 1. The minimum atomic E-state index is -0.109. The van der Waals surface area contributed by atoms with Crippen molar-refractivity contribution in [3.8, 4) is 0 Å². The number of amides is 1. The van der Waals surface area contributed by atoms with Gasteiger partial charge in [-0.2, -0.15) is 0 Å². The molecule has 0 spiro atoms. The second kappa shape index (κ2) is 6.84. The van der Waals surface area contributed by atoms with Crippen LogP contribution in [0.4, 0.5) is 0 Å². The van der Waals surface area contributed by atoms with Gasteiger partial charge in [0.2, 0.25) is 5.91 Å². The summed E-state index contributed by atoms with van der Waals surface area (Å²) in [6.07, 6.45) is 0.689. The zero-order valence-corrected chi connectivity index (χ0v) is 11.3. The van der Waals surface area contributed by atoms with E-state index in [1.165, 1.54) is 6.92 Å². The van der Waals surface area contributed by atoms with E-state index in [0.29, 0.717) is 23.1 Å². The van der Waals surface area contributed by atoms with Crippen LogP contribution in [0.25, 0.3) is 0 Å². The van der Waals surface area contributed by atoms with Crippen LogP contribution >= 0.6 is 23.2 Å². The van der Waals surface area contributed by atoms with Crippen LogP contribution in [-0.2, 0) is 9.53 Å². The van der Waals surface area contributed by atoms with Crippen molar-refractivity contribution in [3.05, 3.63) is 33.8 Å². The van der Waals surface area contributed by atoms with E-state index in [-0.39, 0.29) is 11.9 Å². The van der Waals surface area contributed by atoms with Crippen LogP contribution in [0.5, 0.6) is 0 Å². The zero-order chi connectivity index (χ0) is 12.8. The molecule has 0 saturated heterocycles. The van der Waals surface area contributed by atoms with Crippen molar-refractivity contribution in [1.29, 1.82) is 0 Å². The number of hydrogen-bond donors (Lipinski definition) is 1. The van der Waals surface area contributed by atoms with Crippen molar-refractivity contribution in [2.45, 2.75) is 19.4 Å². The standard InChI is InChI=1S/C12H15Cl2NO2/c1-8(16)15-12(5-6-17-2)9-3-4-10(13)11(14)7-9/h3-4,7,12H,5-6H2,1-2H3,(H,15,16). The van der Waals surface area contributed by atoms with Gasteiger partial charge in [-0.05, 0) is 24.1 Å². The molecule has 1 atom stereocenters. The van der Waals surface area contributed by atoms with E-state index in [1.54, 1.807) is 19.2 Å². The molecule has 17 heavy (non-hydrogen) atoms. The largest absolute Gasteiger partial charge is 0.385 e. The number of methoxy groups -OCH3 is 1. The van der Waals surface area contributed by atoms with Crippen molar-refractivity contribution in [1.82, 2.24) is 5.32 Å². The molecule has 1 amide bonds. The summed E-state index contributed by atoms with van der Waals surface area (Å²) in [6.45, 7) is 2.04. The highest BCUT2D eigenvalue weighted by Gasteiger charge is 2.13. The van der Waals surface area contributed by atoms with E-state index in [4.69, 9.17) is 27.9 Å². The summed E-state index contributed by atoms with van der Waals surface area (Å²) in [4.78, 5) is 11.1. The van der Waals surface area contributed by atoms with Gasteiger partial charge in [0.05, 0.1) is 16.1 Å². The Morgan fingerprint density at radius 2 is 2.12 bits per heavy atom. The van der Waals surface area contributed by atoms with E-state index < -0.39 is 0 Å². The first kappa shape index (κ1) is 14.3. The molecule has 0 saturated carbocycles. The molecular weight excluding hydrogens is 261 g/mol. The molecule has 1 aromatic rings. The molecule has 1 rings (SSSR count). The Morgan fingerprint density at radius 3 is 2.65 bits per heavy atom. The third-order valence-electron chi connectivity index (χ3n) is 2.33. The molecule has 94 valence electrons. The van der Waals surface area contributed by atoms with Gasteiger partial charge in [0.25, 0.3) is 0 Å². The highest BCUT2D eigenvalue weighted by atomic mass is 35.5. The van der Waals surface area contributed by atoms with Crippen LogP contribution in [0.2, 0.25) is 10.0 Å². The summed E-state index contributed by atoms with van der Waals surface area (Å²) in [7, 11) is 1.62. The van der Waals surface area contributed by atoms with Gasteiger partial charge in [0.1, 0.15) is 0 Å². The monoisotopic (exact) mass is 275 g/mol. The summed E-state index contributed by atoms with van der Waals surface area (Å²) in [5, 5.41) is 3.84. The number of ether oxygens (including phenoxy) is 1. The summed E-state index contributed by atoms with van der Waals surface area (Å²) in [5.74, 6) is -0.0859. The third kappa shape index (κ3) is 4.54. The molecule has 1 aromatic carbocycles. The lowest BCUT2D eigenvalue weighted by Gasteiger charge is -2.18. The van der Waals surface area contributed by atoms with Crippen LogP contribution in [0.3, 0.4) is 0 Å². The third-order valence-corrected chi connectivity index (χ3v) is 3.07. The predicted octanol–water partition coefficient (Wildman–Crippen LogP) is 3.21. The quantitative estimate of drug-likeness (QED) is 0.896. The molecule has 0 aliphatic carbocycles. The van der Waals surface area contributed by atoms with Gasteiger partial charge in [-0.3, -0.25) is 4.79 Å². The number of halogens is 2. The average molecular weight is 276 g/mol. The fourth-order valence-corrected chi connectivity index (χ4v) is 1.84. The number of hydrogen-bond acceptors (Lipinski definition) is 2. The van der Waals surface area contributed by atoms with Gasteiger partial charge in [0, 0.05) is 20.6 Å². The Morgan fingerprint density at radius 1 is 1.41 bits per heavy atom. The highest BCUT2D eigenvalue weighted by Crippen LogP contribution is 2.26. The molecule has 1 N–H and O–H groups in total. The van der Waals surface area contributed by atoms with E-state index in [2.05, 4.69) is 5.32 Å². The van der Waals surface area contributed by atoms with E-state index in [9.17, 15) is 4.79 Å². The van der Waals surface area contributed by atoms with Gasteiger partial charge < -0.3 is 10.1 Å². The Hall–Kier alpha value is -0.770. The number of carbonyl (C=O) groups excluding carboxylic acids is 1. The maximum atomic E-state index is 11.1. The van der Waals surface area contributed by atoms with E-state index in [1.807, 2.05) is 6.07 Å². The summed E-state index contributed by atoms with van der Waals surface area (Å²) < 4.78 is 5.02. The number of rotatable bonds is 5. The minimum absolute atomic E-state index is 0.0859. The molecule has 1 unspecified atom stereocenters.